The molecule has 3 N–H and O–H groups in total. The first-order valence-electron chi connectivity index (χ1n) is 15.2. The minimum absolute atomic E-state index is 0.0126. The van der Waals surface area contributed by atoms with Crippen LogP contribution < -0.4 is 10.6 Å². The van der Waals surface area contributed by atoms with E-state index in [0.717, 1.165) is 0 Å². The third-order valence-corrected chi connectivity index (χ3v) is 9.01. The van der Waals surface area contributed by atoms with Gasteiger partial charge in [-0.15, -0.1) is 0 Å². The third kappa shape index (κ3) is 5.88. The van der Waals surface area contributed by atoms with Crippen molar-refractivity contribution in [2.24, 2.45) is 10.8 Å². The maximum atomic E-state index is 13.9. The quantitative estimate of drug-likeness (QED) is 0.157. The first-order chi connectivity index (χ1) is 22.0. The summed E-state index contributed by atoms with van der Waals surface area (Å²) in [6.07, 6.45) is -0.925. The Labute approximate surface area is 264 Å². The smallest absolute Gasteiger partial charge is 0.348 e. The SMILES string of the molecule is CC1(C)COC(=O)C1OC(=O)C=Cc1cccc(CN2OC3C4OCOC4C4CC3(C(=O)NCCC(=O)NCCO)C2C(=O)O4)c1. The van der Waals surface area contributed by atoms with Gasteiger partial charge >= 0.3 is 17.9 Å². The highest BCUT2D eigenvalue weighted by Gasteiger charge is 2.74. The molecule has 4 heterocycles. The predicted molar refractivity (Wildman–Crippen MR) is 154 cm³/mol. The van der Waals surface area contributed by atoms with Crippen LogP contribution in [0.15, 0.2) is 30.3 Å². The molecular formula is C31H37N3O12. The molecule has 15 heteroatoms. The number of hydrogen-bond donors (Lipinski definition) is 3. The van der Waals surface area contributed by atoms with Crippen molar-refractivity contribution in [2.75, 3.05) is 33.1 Å². The zero-order chi connectivity index (χ0) is 32.6. The van der Waals surface area contributed by atoms with Gasteiger partial charge in [-0.05, 0) is 17.2 Å². The summed E-state index contributed by atoms with van der Waals surface area (Å²) in [5.74, 6) is -2.70. The van der Waals surface area contributed by atoms with E-state index in [4.69, 9.17) is 33.6 Å². The van der Waals surface area contributed by atoms with Gasteiger partial charge in [0.15, 0.2) is 6.04 Å². The Hall–Kier alpha value is -3.89. The molecule has 0 aromatic heterocycles. The number of rotatable bonds is 11. The fraction of sp³-hybridized carbons (Fsp3) is 0.581. The van der Waals surface area contributed by atoms with Crippen LogP contribution in [-0.2, 0) is 59.0 Å². The van der Waals surface area contributed by atoms with E-state index in [-0.39, 0.29) is 58.4 Å². The second kappa shape index (κ2) is 12.7. The molecule has 248 valence electrons. The minimum atomic E-state index is -1.37. The highest BCUT2D eigenvalue weighted by atomic mass is 16.8. The summed E-state index contributed by atoms with van der Waals surface area (Å²) in [5.41, 5.74) is -0.648. The van der Waals surface area contributed by atoms with Crippen LogP contribution in [0.3, 0.4) is 0 Å². The summed E-state index contributed by atoms with van der Waals surface area (Å²) in [6.45, 7) is 3.69. The maximum absolute atomic E-state index is 13.9. The summed E-state index contributed by atoms with van der Waals surface area (Å²) in [5, 5.41) is 15.7. The first-order valence-corrected chi connectivity index (χ1v) is 15.2. The first kappa shape index (κ1) is 32.1. The van der Waals surface area contributed by atoms with Gasteiger partial charge in [0.1, 0.15) is 43.2 Å². The second-order valence-corrected chi connectivity index (χ2v) is 12.7. The van der Waals surface area contributed by atoms with E-state index in [2.05, 4.69) is 10.6 Å². The topological polar surface area (TPSA) is 188 Å². The Bertz CT molecular complexity index is 1430. The number of esters is 3. The summed E-state index contributed by atoms with van der Waals surface area (Å²) in [6, 6.07) is 6.03. The number of carbonyl (C=O) groups is 5. The van der Waals surface area contributed by atoms with Gasteiger partial charge in [-0.2, -0.15) is 5.06 Å². The second-order valence-electron chi connectivity index (χ2n) is 12.7. The number of aliphatic hydroxyl groups excluding tert-OH is 1. The highest BCUT2D eigenvalue weighted by molar-refractivity contribution is 5.94. The molecule has 1 saturated carbocycles. The third-order valence-electron chi connectivity index (χ3n) is 9.01. The molecule has 2 bridgehead atoms. The van der Waals surface area contributed by atoms with Crippen molar-refractivity contribution in [3.63, 3.8) is 0 Å². The van der Waals surface area contributed by atoms with Gasteiger partial charge in [0, 0.05) is 37.4 Å². The van der Waals surface area contributed by atoms with Crippen LogP contribution >= 0.6 is 0 Å². The summed E-state index contributed by atoms with van der Waals surface area (Å²) in [4.78, 5) is 70.3. The Morgan fingerprint density at radius 1 is 1.11 bits per heavy atom. The molecular weight excluding hydrogens is 606 g/mol. The lowest BCUT2D eigenvalue weighted by Gasteiger charge is -2.48. The summed E-state index contributed by atoms with van der Waals surface area (Å²) >= 11 is 0. The fourth-order valence-electron chi connectivity index (χ4n) is 6.80. The molecule has 2 amide bonds. The molecule has 4 aliphatic heterocycles. The highest BCUT2D eigenvalue weighted by Crippen LogP contribution is 2.55. The molecule has 1 aromatic rings. The Kier molecular flexibility index (Phi) is 8.87. The molecule has 4 saturated heterocycles. The number of nitrogens with one attached hydrogen (secondary N) is 2. The fourth-order valence-corrected chi connectivity index (χ4v) is 6.80. The van der Waals surface area contributed by atoms with Crippen LogP contribution in [0.5, 0.6) is 0 Å². The molecule has 7 atom stereocenters. The van der Waals surface area contributed by atoms with Gasteiger partial charge in [-0.25, -0.2) is 9.59 Å². The van der Waals surface area contributed by atoms with E-state index in [1.165, 1.54) is 11.1 Å². The van der Waals surface area contributed by atoms with E-state index in [0.29, 0.717) is 11.1 Å². The van der Waals surface area contributed by atoms with E-state index in [9.17, 15) is 24.0 Å². The number of nitrogens with zero attached hydrogens (tertiary/aromatic N) is 1. The van der Waals surface area contributed by atoms with E-state index in [1.54, 1.807) is 38.1 Å². The van der Waals surface area contributed by atoms with Crippen LogP contribution in [0.25, 0.3) is 6.08 Å². The normalized spacial score (nSPS) is 32.5. The molecule has 46 heavy (non-hydrogen) atoms. The van der Waals surface area contributed by atoms with Crippen LogP contribution in [0.1, 0.15) is 37.8 Å². The summed E-state index contributed by atoms with van der Waals surface area (Å²) < 4.78 is 27.7. The van der Waals surface area contributed by atoms with Crippen LogP contribution in [0, 0.1) is 10.8 Å². The lowest BCUT2D eigenvalue weighted by atomic mass is 9.62. The van der Waals surface area contributed by atoms with E-state index >= 15 is 0 Å². The van der Waals surface area contributed by atoms with E-state index in [1.807, 2.05) is 6.07 Å². The van der Waals surface area contributed by atoms with Gasteiger partial charge in [-0.3, -0.25) is 19.2 Å². The number of benzene rings is 1. The van der Waals surface area contributed by atoms with Gasteiger partial charge in [0.25, 0.3) is 0 Å². The Morgan fingerprint density at radius 3 is 2.67 bits per heavy atom. The molecule has 1 aromatic carbocycles. The van der Waals surface area contributed by atoms with Crippen molar-refractivity contribution in [3.05, 3.63) is 41.5 Å². The molecule has 15 nitrogen and oxygen atoms in total. The molecule has 0 spiro atoms. The maximum Gasteiger partial charge on any atom is 0.348 e. The molecule has 0 radical (unpaired) electrons. The average molecular weight is 644 g/mol. The van der Waals surface area contributed by atoms with Crippen LogP contribution in [0.4, 0.5) is 0 Å². The standard InChI is InChI=1S/C31H37N3O12/c1-30(2)15-41-28(39)26(30)45-21(37)7-6-17-4-3-5-18(12-17)14-34-24-27(38)44-19-13-31(24,25(46-34)23-22(19)42-16-43-23)29(40)33-9-8-20(36)32-10-11-35/h3-7,12,19,22-26,35H,8-11,13-16H2,1-2H3,(H,32,36)(H,33,40). The van der Waals surface area contributed by atoms with Crippen molar-refractivity contribution in [1.82, 2.24) is 15.7 Å². The zero-order valence-corrected chi connectivity index (χ0v) is 25.5. The predicted octanol–water partition coefficient (Wildman–Crippen LogP) is -0.649. The Balaban J connectivity index is 1.18. The van der Waals surface area contributed by atoms with Crippen molar-refractivity contribution in [3.8, 4) is 0 Å². The number of carbonyl (C=O) groups excluding carboxylic acids is 5. The van der Waals surface area contributed by atoms with Gasteiger partial charge < -0.3 is 39.4 Å². The number of ether oxygens (including phenoxy) is 5. The van der Waals surface area contributed by atoms with Crippen LogP contribution in [0.2, 0.25) is 0 Å². The molecule has 5 fully saturated rings. The van der Waals surface area contributed by atoms with Crippen molar-refractivity contribution in [1.29, 1.82) is 0 Å². The number of cyclic esters (lactones) is 1. The summed E-state index contributed by atoms with van der Waals surface area (Å²) in [7, 11) is 0. The van der Waals surface area contributed by atoms with Gasteiger partial charge in [0.05, 0.1) is 13.2 Å². The van der Waals surface area contributed by atoms with Crippen molar-refractivity contribution < 1.29 is 57.6 Å². The number of hydrogen-bond acceptors (Lipinski definition) is 13. The lowest BCUT2D eigenvalue weighted by molar-refractivity contribution is -0.201. The van der Waals surface area contributed by atoms with Crippen molar-refractivity contribution >= 4 is 35.8 Å². The number of hydroxylamine groups is 2. The Morgan fingerprint density at radius 2 is 1.91 bits per heavy atom. The molecule has 5 aliphatic rings. The number of fused-ring (bicyclic) bond motifs is 4. The molecule has 1 aliphatic carbocycles. The van der Waals surface area contributed by atoms with E-state index < -0.39 is 71.2 Å². The largest absolute Gasteiger partial charge is 0.462 e. The van der Waals surface area contributed by atoms with Gasteiger partial charge in [-0.1, -0.05) is 38.1 Å². The lowest BCUT2D eigenvalue weighted by Crippen LogP contribution is -2.69. The number of aliphatic hydroxyl groups is 1. The average Bonchev–Trinajstić information content (AvgIpc) is 3.71. The number of amides is 2. The zero-order valence-electron chi connectivity index (χ0n) is 25.5. The van der Waals surface area contributed by atoms with Crippen LogP contribution in [-0.4, -0.2) is 110 Å². The molecule has 7 unspecified atom stereocenters. The van der Waals surface area contributed by atoms with Gasteiger partial charge in [0.2, 0.25) is 17.9 Å². The monoisotopic (exact) mass is 643 g/mol. The minimum Gasteiger partial charge on any atom is -0.462 e. The molecule has 6 rings (SSSR count). The van der Waals surface area contributed by atoms with Crippen molar-refractivity contribution in [2.45, 2.75) is 69.8 Å².